The normalized spacial score (nSPS) is 10.3. The lowest BCUT2D eigenvalue weighted by Crippen LogP contribution is -2.37. The first-order valence-corrected chi connectivity index (χ1v) is 12.0. The van der Waals surface area contributed by atoms with Gasteiger partial charge >= 0.3 is 18.1 Å². The van der Waals surface area contributed by atoms with Gasteiger partial charge in [0.2, 0.25) is 11.7 Å². The summed E-state index contributed by atoms with van der Waals surface area (Å²) in [5, 5.41) is 20.9. The molecule has 198 valence electrons. The number of hydrogen-bond donors (Lipinski definition) is 4. The number of rotatable bonds is 13. The van der Waals surface area contributed by atoms with Gasteiger partial charge in [0.25, 0.3) is 5.91 Å². The summed E-state index contributed by atoms with van der Waals surface area (Å²) >= 11 is 0. The van der Waals surface area contributed by atoms with Gasteiger partial charge in [-0.3, -0.25) is 14.4 Å². The number of carbonyl (C=O) groups is 4. The van der Waals surface area contributed by atoms with Crippen molar-refractivity contribution in [2.75, 3.05) is 45.9 Å². The van der Waals surface area contributed by atoms with Gasteiger partial charge in [-0.25, -0.2) is 4.79 Å². The molecule has 0 aliphatic heterocycles. The number of hydrogen-bond acceptors (Lipinski definition) is 9. The van der Waals surface area contributed by atoms with Crippen LogP contribution in [-0.4, -0.2) is 86.1 Å². The van der Waals surface area contributed by atoms with Crippen molar-refractivity contribution in [3.8, 4) is 17.2 Å². The smallest absolute Gasteiger partial charge is 0.490 e. The van der Waals surface area contributed by atoms with Crippen LogP contribution in [0.4, 0.5) is 13.2 Å². The van der Waals surface area contributed by atoms with Crippen molar-refractivity contribution in [2.24, 2.45) is 0 Å². The molecular weight excluding hydrogens is 521 g/mol. The van der Waals surface area contributed by atoms with Gasteiger partial charge in [0.05, 0.1) is 34.3 Å². The largest absolute Gasteiger partial charge is 0.493 e. The molecule has 1 rings (SSSR count). The van der Waals surface area contributed by atoms with Crippen LogP contribution in [0.15, 0.2) is 12.1 Å². The number of aliphatic carboxylic acids is 2. The van der Waals surface area contributed by atoms with E-state index < -0.39 is 24.0 Å². The topological polar surface area (TPSA) is 160 Å². The molecule has 0 fully saturated rings. The third-order valence-corrected chi connectivity index (χ3v) is 5.98. The second-order valence-corrected chi connectivity index (χ2v) is 8.74. The number of methoxy groups -OCH3 is 3. The number of halogens is 3. The van der Waals surface area contributed by atoms with Crippen molar-refractivity contribution in [1.29, 1.82) is 0 Å². The van der Waals surface area contributed by atoms with Crippen molar-refractivity contribution >= 4 is 45.3 Å². The predicted octanol–water partition coefficient (Wildman–Crippen LogP) is 2.05. The summed E-state index contributed by atoms with van der Waals surface area (Å²) in [7, 11) is 7.28. The van der Waals surface area contributed by atoms with Gasteiger partial charge in [0.1, 0.15) is 0 Å². The van der Waals surface area contributed by atoms with E-state index in [4.69, 9.17) is 29.2 Å². The van der Waals surface area contributed by atoms with Crippen molar-refractivity contribution < 1.29 is 56.8 Å². The van der Waals surface area contributed by atoms with Crippen molar-refractivity contribution in [2.45, 2.75) is 12.6 Å². The molecule has 0 saturated carbocycles. The number of carboxylic acids is 2. The molecule has 4 N–H and O–H groups in total. The molecule has 2 amide bonds. The zero-order valence-corrected chi connectivity index (χ0v) is 20.5. The SMILES string of the molecule is COc1cc(C(=O)NCC(=O)NCCSSCCC(=O)O)cc(OC)c1OC.O=C(O)C(F)(F)F. The third kappa shape index (κ3) is 13.5. The van der Waals surface area contributed by atoms with E-state index in [1.54, 1.807) is 0 Å². The lowest BCUT2D eigenvalue weighted by molar-refractivity contribution is -0.192. The molecular formula is C19H25F3N2O9S2. The summed E-state index contributed by atoms with van der Waals surface area (Å²) in [5.74, 6) is -2.15. The number of benzene rings is 1. The predicted molar refractivity (Wildman–Crippen MR) is 122 cm³/mol. The Morgan fingerprint density at radius 3 is 1.86 bits per heavy atom. The molecule has 0 unspecified atom stereocenters. The average molecular weight is 547 g/mol. The first-order chi connectivity index (χ1) is 16.4. The minimum atomic E-state index is -5.08. The lowest BCUT2D eigenvalue weighted by atomic mass is 10.1. The van der Waals surface area contributed by atoms with Crippen LogP contribution in [0.25, 0.3) is 0 Å². The summed E-state index contributed by atoms with van der Waals surface area (Å²) in [5.41, 5.74) is 0.271. The van der Waals surface area contributed by atoms with Crippen LogP contribution in [0.5, 0.6) is 17.2 Å². The summed E-state index contributed by atoms with van der Waals surface area (Å²) in [6, 6.07) is 3.00. The first kappa shape index (κ1) is 32.0. The summed E-state index contributed by atoms with van der Waals surface area (Å²) < 4.78 is 47.3. The fraction of sp³-hybridized carbons (Fsp3) is 0.474. The van der Waals surface area contributed by atoms with Crippen LogP contribution < -0.4 is 24.8 Å². The number of nitrogens with one attached hydrogen (secondary N) is 2. The molecule has 0 atom stereocenters. The second kappa shape index (κ2) is 16.6. The maximum absolute atomic E-state index is 12.3. The van der Waals surface area contributed by atoms with Crippen LogP contribution in [0.3, 0.4) is 0 Å². The standard InChI is InChI=1S/C17H24N2O7S2.C2HF3O2/c1-24-12-8-11(9-13(25-2)16(12)26-3)17(23)19-10-14(20)18-5-7-28-27-6-4-15(21)22;3-2(4,5)1(6)7/h8-9H,4-7,10H2,1-3H3,(H,18,20)(H,19,23)(H,21,22);(H,6,7). The van der Waals surface area contributed by atoms with E-state index in [2.05, 4.69) is 10.6 Å². The monoisotopic (exact) mass is 546 g/mol. The number of carboxylic acid groups (broad SMARTS) is 2. The average Bonchev–Trinajstić information content (AvgIpc) is 2.80. The molecule has 11 nitrogen and oxygen atoms in total. The minimum absolute atomic E-state index is 0.108. The zero-order chi connectivity index (χ0) is 27.0. The van der Waals surface area contributed by atoms with E-state index in [-0.39, 0.29) is 24.4 Å². The van der Waals surface area contributed by atoms with Crippen molar-refractivity contribution in [3.05, 3.63) is 17.7 Å². The van der Waals surface area contributed by atoms with Gasteiger partial charge in [0.15, 0.2) is 11.5 Å². The maximum atomic E-state index is 12.3. The Kier molecular flexibility index (Phi) is 15.2. The molecule has 0 aliphatic rings. The van der Waals surface area contributed by atoms with Gasteiger partial charge in [-0.05, 0) is 12.1 Å². The Labute approximate surface area is 206 Å². The van der Waals surface area contributed by atoms with E-state index in [0.717, 1.165) is 0 Å². The van der Waals surface area contributed by atoms with Crippen LogP contribution >= 0.6 is 21.6 Å². The molecule has 0 bridgehead atoms. The minimum Gasteiger partial charge on any atom is -0.493 e. The van der Waals surface area contributed by atoms with Crippen LogP contribution in [0.2, 0.25) is 0 Å². The van der Waals surface area contributed by atoms with E-state index in [1.807, 2.05) is 0 Å². The van der Waals surface area contributed by atoms with E-state index in [9.17, 15) is 27.6 Å². The van der Waals surface area contributed by atoms with Crippen LogP contribution in [0.1, 0.15) is 16.8 Å². The molecule has 35 heavy (non-hydrogen) atoms. The fourth-order valence-corrected chi connectivity index (χ4v) is 3.90. The van der Waals surface area contributed by atoms with Gasteiger partial charge in [-0.15, -0.1) is 0 Å². The molecule has 0 aliphatic carbocycles. The highest BCUT2D eigenvalue weighted by Crippen LogP contribution is 2.38. The first-order valence-electron chi connectivity index (χ1n) is 9.48. The molecule has 0 radical (unpaired) electrons. The van der Waals surface area contributed by atoms with Gasteiger partial charge in [0, 0.05) is 23.6 Å². The van der Waals surface area contributed by atoms with E-state index >= 15 is 0 Å². The molecule has 16 heteroatoms. The Hall–Kier alpha value is -3.01. The van der Waals surface area contributed by atoms with Gasteiger partial charge in [-0.2, -0.15) is 13.2 Å². The van der Waals surface area contributed by atoms with Crippen LogP contribution in [0, 0.1) is 0 Å². The molecule has 1 aromatic rings. The second-order valence-electron chi connectivity index (χ2n) is 6.04. The highest BCUT2D eigenvalue weighted by Gasteiger charge is 2.38. The van der Waals surface area contributed by atoms with Crippen LogP contribution in [-0.2, 0) is 14.4 Å². The van der Waals surface area contributed by atoms with E-state index in [1.165, 1.54) is 55.0 Å². The molecule has 1 aromatic carbocycles. The zero-order valence-electron chi connectivity index (χ0n) is 18.9. The maximum Gasteiger partial charge on any atom is 0.490 e. The number of carbonyl (C=O) groups excluding carboxylic acids is 2. The highest BCUT2D eigenvalue weighted by molar-refractivity contribution is 8.76. The fourth-order valence-electron chi connectivity index (χ4n) is 2.02. The van der Waals surface area contributed by atoms with Gasteiger partial charge in [-0.1, -0.05) is 21.6 Å². The number of ether oxygens (including phenoxy) is 3. The Bertz CT molecular complexity index is 845. The summed E-state index contributed by atoms with van der Waals surface area (Å²) in [4.78, 5) is 43.4. The summed E-state index contributed by atoms with van der Waals surface area (Å²) in [6.45, 7) is 0.246. The molecule has 0 aromatic heterocycles. The molecule has 0 spiro atoms. The van der Waals surface area contributed by atoms with Crippen molar-refractivity contribution in [3.63, 3.8) is 0 Å². The highest BCUT2D eigenvalue weighted by atomic mass is 33.1. The third-order valence-electron chi connectivity index (χ3n) is 3.57. The molecule has 0 saturated heterocycles. The number of amides is 2. The lowest BCUT2D eigenvalue weighted by Gasteiger charge is -2.14. The van der Waals surface area contributed by atoms with Gasteiger partial charge < -0.3 is 35.1 Å². The number of alkyl halides is 3. The van der Waals surface area contributed by atoms with E-state index in [0.29, 0.717) is 35.3 Å². The Morgan fingerprint density at radius 1 is 0.914 bits per heavy atom. The molecule has 0 heterocycles. The Morgan fingerprint density at radius 2 is 1.43 bits per heavy atom. The summed E-state index contributed by atoms with van der Waals surface area (Å²) in [6.07, 6.45) is -4.98. The quantitative estimate of drug-likeness (QED) is 0.212. The Balaban J connectivity index is 0.00000143. The van der Waals surface area contributed by atoms with Crippen molar-refractivity contribution in [1.82, 2.24) is 10.6 Å².